The number of hydrogen-bond donors (Lipinski definition) is 7. The average molecular weight is 984 g/mol. The number of carbonyl (C=O) groups is 4. The molecule has 384 valence electrons. The number of hydrazone groups is 1. The molecule has 3 aromatic carbocycles. The normalized spacial score (nSPS) is 28.6. The summed E-state index contributed by atoms with van der Waals surface area (Å²) in [6.07, 6.45) is 4.29. The summed E-state index contributed by atoms with van der Waals surface area (Å²) in [5, 5.41) is 64.9. The molecule has 18 heteroatoms. The molecule has 7 N–H and O–H groups in total. The summed E-state index contributed by atoms with van der Waals surface area (Å²) in [7, 11) is 1.42. The number of ketones is 1. The van der Waals surface area contributed by atoms with Crippen molar-refractivity contribution in [2.24, 2.45) is 28.8 Å². The highest BCUT2D eigenvalue weighted by Crippen LogP contribution is 2.55. The standard InChI is InChI=1S/C53H69N5O13/c1-27(2)35-15-17-36(18-16-35)58-22-20-57(21-23-58)26-39(60)56-54-25-37-43-48(65)41-40(47(37)64)42-50(33(8)46(41)63)71-53(10,51(42)66)69-24-19-38(68-11)30(5)49(70-34(9)59)32(7)45(62)31(6)44(61)28(3)13-12-14-29(4)52(67)55-43/h12-19,24-25,27-28,30-32,38,44-45,49,61-65H,20-23,26H2,1-11H3,(H,55,67)(H,56,60)/b13-12+,24-19+,29-14-,54-25+/t28-,30+,31+,32+,38-,44-,45+,49+,53-/m0/s1. The molecule has 18 nitrogen and oxygen atoms in total. The lowest BCUT2D eigenvalue weighted by Gasteiger charge is -2.38. The average Bonchev–Trinajstić information content (AvgIpc) is 3.60. The molecule has 0 spiro atoms. The first-order valence-electron chi connectivity index (χ1n) is 24.0. The van der Waals surface area contributed by atoms with E-state index in [1.165, 1.54) is 58.8 Å². The van der Waals surface area contributed by atoms with Crippen LogP contribution in [0.25, 0.3) is 10.8 Å². The number of allylic oxidation sites excluding steroid dienone is 2. The molecule has 0 unspecified atom stereocenters. The third-order valence-corrected chi connectivity index (χ3v) is 14.1. The lowest BCUT2D eigenvalue weighted by atomic mass is 9.78. The van der Waals surface area contributed by atoms with E-state index < -0.39 is 106 Å². The van der Waals surface area contributed by atoms with Gasteiger partial charge in [0.2, 0.25) is 0 Å². The van der Waals surface area contributed by atoms with Crippen LogP contribution in [0, 0.1) is 30.6 Å². The topological polar surface area (TPSA) is 249 Å². The van der Waals surface area contributed by atoms with Gasteiger partial charge >= 0.3 is 11.8 Å². The van der Waals surface area contributed by atoms with Crippen LogP contribution in [0.5, 0.6) is 23.0 Å². The third-order valence-electron chi connectivity index (χ3n) is 14.1. The van der Waals surface area contributed by atoms with Gasteiger partial charge in [-0.2, -0.15) is 5.10 Å². The number of methoxy groups -OCH3 is 1. The fourth-order valence-electron chi connectivity index (χ4n) is 9.51. The number of amides is 2. The third kappa shape index (κ3) is 11.4. The van der Waals surface area contributed by atoms with E-state index in [-0.39, 0.29) is 39.9 Å². The number of nitrogens with zero attached hydrogens (tertiary/aromatic N) is 3. The molecule has 0 aliphatic carbocycles. The predicted molar refractivity (Wildman–Crippen MR) is 269 cm³/mol. The summed E-state index contributed by atoms with van der Waals surface area (Å²) < 4.78 is 23.7. The minimum absolute atomic E-state index is 0.000100. The SMILES string of the molecule is CO[C@H]1/C=C/O[C@@]2(C)Oc3c(C)c(O)c4c(O)c(c(/C=N/NC(=O)CN5CCN(c6ccc(C(C)C)cc6)CC5)c(O)c4c3C2=O)NC(=O)/C(C)=C\C=C\[C@H](C)[C@H](O)[C@@H](C)[C@@H](O)[C@@H](C)[C@H](OC(C)=O)[C@@H]1C. The van der Waals surface area contributed by atoms with Crippen LogP contribution in [-0.4, -0.2) is 130 Å². The minimum atomic E-state index is -2.11. The van der Waals surface area contributed by atoms with Crippen molar-refractivity contribution in [1.29, 1.82) is 0 Å². The Labute approximate surface area is 414 Å². The first-order chi connectivity index (χ1) is 33.5. The number of piperazine rings is 1. The number of anilines is 2. The van der Waals surface area contributed by atoms with Crippen molar-refractivity contribution in [3.8, 4) is 23.0 Å². The second-order valence-corrected chi connectivity index (χ2v) is 19.4. The lowest BCUT2D eigenvalue weighted by Crippen LogP contribution is -2.49. The first-order valence-corrected chi connectivity index (χ1v) is 24.0. The molecule has 4 aliphatic heterocycles. The van der Waals surface area contributed by atoms with Crippen molar-refractivity contribution in [2.75, 3.05) is 50.1 Å². The van der Waals surface area contributed by atoms with Gasteiger partial charge in [-0.05, 0) is 43.5 Å². The summed E-state index contributed by atoms with van der Waals surface area (Å²) >= 11 is 0. The first kappa shape index (κ1) is 53.9. The van der Waals surface area contributed by atoms with E-state index >= 15 is 0 Å². The van der Waals surface area contributed by atoms with E-state index in [1.54, 1.807) is 39.8 Å². The number of nitrogens with one attached hydrogen (secondary N) is 2. The molecule has 5 bridgehead atoms. The Morgan fingerprint density at radius 1 is 0.930 bits per heavy atom. The van der Waals surface area contributed by atoms with Crippen LogP contribution in [0.3, 0.4) is 0 Å². The summed E-state index contributed by atoms with van der Waals surface area (Å²) in [5.41, 5.74) is 3.93. The van der Waals surface area contributed by atoms with Crippen LogP contribution < -0.4 is 20.4 Å². The van der Waals surface area contributed by atoms with Gasteiger partial charge in [-0.1, -0.05) is 71.9 Å². The van der Waals surface area contributed by atoms with Gasteiger partial charge in [-0.25, -0.2) is 5.43 Å². The monoisotopic (exact) mass is 983 g/mol. The van der Waals surface area contributed by atoms with Crippen molar-refractivity contribution in [3.05, 3.63) is 82.7 Å². The van der Waals surface area contributed by atoms with Crippen molar-refractivity contribution in [3.63, 3.8) is 0 Å². The Balaban J connectivity index is 1.37. The molecular weight excluding hydrogens is 915 g/mol. The van der Waals surface area contributed by atoms with Gasteiger partial charge in [0.1, 0.15) is 23.4 Å². The van der Waals surface area contributed by atoms with Gasteiger partial charge < -0.3 is 54.7 Å². The van der Waals surface area contributed by atoms with Crippen LogP contribution in [0.15, 0.2) is 65.5 Å². The number of phenols is 3. The summed E-state index contributed by atoms with van der Waals surface area (Å²) in [6.45, 7) is 19.2. The van der Waals surface area contributed by atoms with Gasteiger partial charge in [-0.3, -0.25) is 24.1 Å². The maximum atomic E-state index is 14.6. The lowest BCUT2D eigenvalue weighted by molar-refractivity contribution is -0.160. The smallest absolute Gasteiger partial charge is 0.312 e. The van der Waals surface area contributed by atoms with E-state index in [4.69, 9.17) is 18.9 Å². The van der Waals surface area contributed by atoms with E-state index in [0.29, 0.717) is 32.1 Å². The highest BCUT2D eigenvalue weighted by Gasteiger charge is 2.50. The number of carbonyl (C=O) groups excluding carboxylic acids is 4. The Kier molecular flexibility index (Phi) is 16.9. The minimum Gasteiger partial charge on any atom is -0.507 e. The number of benzene rings is 3. The van der Waals surface area contributed by atoms with Gasteiger partial charge in [-0.15, -0.1) is 0 Å². The number of fused-ring (bicyclic) bond motifs is 14. The van der Waals surface area contributed by atoms with Crippen molar-refractivity contribution < 1.29 is 63.7 Å². The van der Waals surface area contributed by atoms with Gasteiger partial charge in [0.15, 0.2) is 5.75 Å². The summed E-state index contributed by atoms with van der Waals surface area (Å²) in [4.78, 5) is 58.4. The Morgan fingerprint density at radius 3 is 2.21 bits per heavy atom. The van der Waals surface area contributed by atoms with E-state index in [1.807, 2.05) is 4.90 Å². The van der Waals surface area contributed by atoms with Crippen LogP contribution in [0.2, 0.25) is 0 Å². The van der Waals surface area contributed by atoms with Gasteiger partial charge in [0, 0.05) is 93.0 Å². The van der Waals surface area contributed by atoms with Gasteiger partial charge in [0.25, 0.3) is 17.6 Å². The molecule has 7 rings (SSSR count). The Bertz CT molecular complexity index is 2620. The van der Waals surface area contributed by atoms with Crippen molar-refractivity contribution in [1.82, 2.24) is 10.3 Å². The molecule has 1 saturated heterocycles. The van der Waals surface area contributed by atoms with Crippen molar-refractivity contribution >= 4 is 51.9 Å². The number of phenolic OH excluding ortho intramolecular Hbond substituents is 3. The fraction of sp³-hybridized carbons (Fsp3) is 0.491. The zero-order valence-electron chi connectivity index (χ0n) is 42.3. The molecule has 0 saturated carbocycles. The molecule has 9 atom stereocenters. The van der Waals surface area contributed by atoms with E-state index in [9.17, 15) is 44.7 Å². The number of esters is 1. The van der Waals surface area contributed by atoms with Crippen LogP contribution >= 0.6 is 0 Å². The second-order valence-electron chi connectivity index (χ2n) is 19.4. The fourth-order valence-corrected chi connectivity index (χ4v) is 9.51. The van der Waals surface area contributed by atoms with E-state index in [2.05, 4.69) is 58.9 Å². The maximum Gasteiger partial charge on any atom is 0.312 e. The Hall–Kier alpha value is -6.47. The van der Waals surface area contributed by atoms with Crippen LogP contribution in [0.1, 0.15) is 95.3 Å². The number of rotatable bonds is 8. The largest absolute Gasteiger partial charge is 0.507 e. The summed E-state index contributed by atoms with van der Waals surface area (Å²) in [5.74, 6) is -9.17. The maximum absolute atomic E-state index is 14.6. The zero-order chi connectivity index (χ0) is 52.2. The van der Waals surface area contributed by atoms with Gasteiger partial charge in [0.05, 0.1) is 59.5 Å². The molecule has 4 heterocycles. The second kappa shape index (κ2) is 22.3. The summed E-state index contributed by atoms with van der Waals surface area (Å²) in [6, 6.07) is 8.47. The van der Waals surface area contributed by atoms with Crippen LogP contribution in [0.4, 0.5) is 11.4 Å². The Morgan fingerprint density at radius 2 is 1.59 bits per heavy atom. The van der Waals surface area contributed by atoms with E-state index in [0.717, 1.165) is 11.9 Å². The number of hydrogen-bond acceptors (Lipinski definition) is 16. The number of aliphatic hydroxyl groups excluding tert-OH is 2. The molecule has 71 heavy (non-hydrogen) atoms. The highest BCUT2D eigenvalue weighted by molar-refractivity contribution is 6.24. The zero-order valence-corrected chi connectivity index (χ0v) is 42.3. The predicted octanol–water partition coefficient (Wildman–Crippen LogP) is 6.15. The molecule has 2 amide bonds. The molecular formula is C53H69N5O13. The quantitative estimate of drug-likeness (QED) is 0.0440. The molecule has 3 aromatic rings. The molecule has 4 aliphatic rings. The number of aliphatic hydroxyl groups is 2. The van der Waals surface area contributed by atoms with Crippen molar-refractivity contribution in [2.45, 2.75) is 105 Å². The molecule has 0 radical (unpaired) electrons. The highest BCUT2D eigenvalue weighted by atomic mass is 16.7. The number of aromatic hydroxyl groups is 3. The number of Topliss-reactive ketones (excluding diaryl/α,β-unsaturated/α-hetero) is 1. The van der Waals surface area contributed by atoms with Crippen LogP contribution in [-0.2, 0) is 28.6 Å². The molecule has 0 aromatic heterocycles. The molecule has 1 fully saturated rings. The number of ether oxygens (including phenoxy) is 4.